The first-order valence-electron chi connectivity index (χ1n) is 4.39. The lowest BCUT2D eigenvalue weighted by Gasteiger charge is -2.03. The van der Waals surface area contributed by atoms with Gasteiger partial charge in [-0.25, -0.2) is 14.6 Å². The summed E-state index contributed by atoms with van der Waals surface area (Å²) in [6.45, 7) is 1.98. The third kappa shape index (κ3) is 2.10. The van der Waals surface area contributed by atoms with Crippen molar-refractivity contribution in [3.63, 3.8) is 0 Å². The normalized spacial score (nSPS) is 10.5. The van der Waals surface area contributed by atoms with Gasteiger partial charge in [-0.1, -0.05) is 11.8 Å². The van der Waals surface area contributed by atoms with E-state index in [9.17, 15) is 0 Å². The fourth-order valence-electron chi connectivity index (χ4n) is 1.18. The summed E-state index contributed by atoms with van der Waals surface area (Å²) >= 11 is 1.46. The van der Waals surface area contributed by atoms with Crippen LogP contribution in [0, 0.1) is 6.92 Å². The Morgan fingerprint density at radius 1 is 1.40 bits per heavy atom. The topological polar surface area (TPSA) is 69.6 Å². The first-order chi connectivity index (χ1) is 7.19. The Balaban J connectivity index is 2.48. The van der Waals surface area contributed by atoms with Gasteiger partial charge in [-0.2, -0.15) is 5.10 Å². The fraction of sp³-hybridized carbons (Fsp3) is 0.222. The monoisotopic (exact) mass is 221 g/mol. The van der Waals surface area contributed by atoms with Crippen LogP contribution in [0.5, 0.6) is 0 Å². The number of aromatic nitrogens is 4. The molecule has 2 rings (SSSR count). The van der Waals surface area contributed by atoms with E-state index in [0.29, 0.717) is 16.8 Å². The van der Waals surface area contributed by atoms with Gasteiger partial charge in [0.15, 0.2) is 11.0 Å². The molecule has 0 amide bonds. The molecule has 2 aromatic heterocycles. The number of anilines is 1. The first kappa shape index (κ1) is 9.97. The SMILES string of the molecule is CSc1nc(N)cc(-n2cc(C)cn2)n1. The minimum absolute atomic E-state index is 0.456. The van der Waals surface area contributed by atoms with Gasteiger partial charge >= 0.3 is 0 Å². The molecule has 2 N–H and O–H groups in total. The summed E-state index contributed by atoms with van der Waals surface area (Å²) in [6, 6.07) is 1.70. The van der Waals surface area contributed by atoms with Crippen molar-refractivity contribution in [1.82, 2.24) is 19.7 Å². The molecule has 0 bridgehead atoms. The van der Waals surface area contributed by atoms with Gasteiger partial charge in [-0.3, -0.25) is 0 Å². The van der Waals surface area contributed by atoms with Gasteiger partial charge in [0.1, 0.15) is 5.82 Å². The standard InChI is InChI=1S/C9H11N5S/c1-6-4-11-14(5-6)8-3-7(10)12-9(13-8)15-2/h3-5H,1-2H3,(H2,10,12,13). The molecular weight excluding hydrogens is 210 g/mol. The molecule has 6 heteroatoms. The third-order valence-corrected chi connectivity index (χ3v) is 2.39. The van der Waals surface area contributed by atoms with E-state index in [-0.39, 0.29) is 0 Å². The molecule has 0 radical (unpaired) electrons. The minimum atomic E-state index is 0.456. The summed E-state index contributed by atoms with van der Waals surface area (Å²) in [5, 5.41) is 4.82. The molecule has 0 unspecified atom stereocenters. The van der Waals surface area contributed by atoms with E-state index in [1.54, 1.807) is 16.9 Å². The lowest BCUT2D eigenvalue weighted by Crippen LogP contribution is -2.03. The van der Waals surface area contributed by atoms with Crippen LogP contribution in [0.2, 0.25) is 0 Å². The Kier molecular flexibility index (Phi) is 2.59. The number of hydrogen-bond donors (Lipinski definition) is 1. The van der Waals surface area contributed by atoms with Gasteiger partial charge in [0, 0.05) is 12.3 Å². The summed E-state index contributed by atoms with van der Waals surface area (Å²) in [6.07, 6.45) is 5.58. The van der Waals surface area contributed by atoms with E-state index < -0.39 is 0 Å². The Morgan fingerprint density at radius 3 is 2.80 bits per heavy atom. The zero-order chi connectivity index (χ0) is 10.8. The first-order valence-corrected chi connectivity index (χ1v) is 5.61. The highest BCUT2D eigenvalue weighted by Crippen LogP contribution is 2.14. The number of nitrogens with two attached hydrogens (primary N) is 1. The number of rotatable bonds is 2. The van der Waals surface area contributed by atoms with Gasteiger partial charge < -0.3 is 5.73 Å². The number of nitrogens with zero attached hydrogens (tertiary/aromatic N) is 4. The summed E-state index contributed by atoms with van der Waals surface area (Å²) in [7, 11) is 0. The van der Waals surface area contributed by atoms with Crippen molar-refractivity contribution in [2.45, 2.75) is 12.1 Å². The second-order valence-electron chi connectivity index (χ2n) is 3.10. The van der Waals surface area contributed by atoms with Crippen LogP contribution >= 0.6 is 11.8 Å². The van der Waals surface area contributed by atoms with Crippen LogP contribution in [-0.4, -0.2) is 26.0 Å². The molecule has 0 fully saturated rings. The highest BCUT2D eigenvalue weighted by molar-refractivity contribution is 7.98. The minimum Gasteiger partial charge on any atom is -0.383 e. The molecule has 78 valence electrons. The van der Waals surface area contributed by atoms with E-state index in [1.807, 2.05) is 19.4 Å². The van der Waals surface area contributed by atoms with E-state index in [4.69, 9.17) is 5.73 Å². The van der Waals surface area contributed by atoms with Crippen molar-refractivity contribution in [3.05, 3.63) is 24.0 Å². The zero-order valence-corrected chi connectivity index (χ0v) is 9.32. The van der Waals surface area contributed by atoms with Gasteiger partial charge in [-0.05, 0) is 18.7 Å². The van der Waals surface area contributed by atoms with E-state index >= 15 is 0 Å². The van der Waals surface area contributed by atoms with Crippen molar-refractivity contribution in [2.24, 2.45) is 0 Å². The molecule has 0 saturated heterocycles. The third-order valence-electron chi connectivity index (χ3n) is 1.84. The predicted octanol–water partition coefficient (Wildman–Crippen LogP) is 1.27. The lowest BCUT2D eigenvalue weighted by atomic mass is 10.4. The van der Waals surface area contributed by atoms with Crippen molar-refractivity contribution < 1.29 is 0 Å². The van der Waals surface area contributed by atoms with Gasteiger partial charge in [0.25, 0.3) is 0 Å². The summed E-state index contributed by atoms with van der Waals surface area (Å²) < 4.78 is 1.69. The zero-order valence-electron chi connectivity index (χ0n) is 8.51. The molecule has 0 spiro atoms. The Labute approximate surface area is 91.7 Å². The molecule has 5 nitrogen and oxygen atoms in total. The largest absolute Gasteiger partial charge is 0.383 e. The van der Waals surface area contributed by atoms with E-state index in [2.05, 4.69) is 15.1 Å². The molecule has 0 aliphatic carbocycles. The van der Waals surface area contributed by atoms with Crippen LogP contribution in [0.4, 0.5) is 5.82 Å². The van der Waals surface area contributed by atoms with E-state index in [1.165, 1.54) is 11.8 Å². The van der Waals surface area contributed by atoms with Crippen LogP contribution in [0.3, 0.4) is 0 Å². The average Bonchev–Trinajstić information content (AvgIpc) is 2.64. The molecule has 2 heterocycles. The predicted molar refractivity (Wildman–Crippen MR) is 60.1 cm³/mol. The summed E-state index contributed by atoms with van der Waals surface area (Å²) in [4.78, 5) is 8.38. The average molecular weight is 221 g/mol. The fourth-order valence-corrected chi connectivity index (χ4v) is 1.56. The van der Waals surface area contributed by atoms with Gasteiger partial charge in [-0.15, -0.1) is 0 Å². The van der Waals surface area contributed by atoms with Crippen molar-refractivity contribution >= 4 is 17.6 Å². The van der Waals surface area contributed by atoms with Crippen molar-refractivity contribution in [1.29, 1.82) is 0 Å². The van der Waals surface area contributed by atoms with E-state index in [0.717, 1.165) is 5.56 Å². The number of hydrogen-bond acceptors (Lipinski definition) is 5. The molecule has 0 aliphatic heterocycles. The maximum absolute atomic E-state index is 5.67. The molecule has 2 aromatic rings. The second kappa shape index (κ2) is 3.90. The van der Waals surface area contributed by atoms with Crippen LogP contribution < -0.4 is 5.73 Å². The number of nitrogen functional groups attached to an aromatic ring is 1. The van der Waals surface area contributed by atoms with Crippen LogP contribution in [-0.2, 0) is 0 Å². The highest BCUT2D eigenvalue weighted by atomic mass is 32.2. The van der Waals surface area contributed by atoms with Gasteiger partial charge in [0.2, 0.25) is 0 Å². The van der Waals surface area contributed by atoms with Crippen LogP contribution in [0.1, 0.15) is 5.56 Å². The number of aryl methyl sites for hydroxylation is 1. The molecule has 0 aromatic carbocycles. The quantitative estimate of drug-likeness (QED) is 0.611. The lowest BCUT2D eigenvalue weighted by molar-refractivity contribution is 0.810. The molecule has 0 aliphatic rings. The van der Waals surface area contributed by atoms with Crippen molar-refractivity contribution in [3.8, 4) is 5.82 Å². The Morgan fingerprint density at radius 2 is 2.20 bits per heavy atom. The van der Waals surface area contributed by atoms with Crippen molar-refractivity contribution in [2.75, 3.05) is 12.0 Å². The highest BCUT2D eigenvalue weighted by Gasteiger charge is 2.04. The van der Waals surface area contributed by atoms with Crippen LogP contribution in [0.15, 0.2) is 23.6 Å². The molecule has 0 atom stereocenters. The molecule has 0 saturated carbocycles. The molecule has 15 heavy (non-hydrogen) atoms. The van der Waals surface area contributed by atoms with Crippen LogP contribution in [0.25, 0.3) is 5.82 Å². The summed E-state index contributed by atoms with van der Waals surface area (Å²) in [5.74, 6) is 1.15. The number of thioether (sulfide) groups is 1. The smallest absolute Gasteiger partial charge is 0.191 e. The van der Waals surface area contributed by atoms with Gasteiger partial charge in [0.05, 0.1) is 6.20 Å². The second-order valence-corrected chi connectivity index (χ2v) is 3.87. The Hall–Kier alpha value is -1.56. The maximum Gasteiger partial charge on any atom is 0.191 e. The Bertz CT molecular complexity index is 479. The maximum atomic E-state index is 5.67. The summed E-state index contributed by atoms with van der Waals surface area (Å²) in [5.41, 5.74) is 6.75. The molecular formula is C9H11N5S.